The third-order valence-corrected chi connectivity index (χ3v) is 3.10. The molecule has 0 spiro atoms. The minimum atomic E-state index is -0.525. The molecule has 1 atom stereocenters. The van der Waals surface area contributed by atoms with Crippen molar-refractivity contribution >= 4 is 21.8 Å². The first-order valence-corrected chi connectivity index (χ1v) is 6.60. The van der Waals surface area contributed by atoms with E-state index in [1.807, 2.05) is 0 Å². The molecule has 0 aliphatic heterocycles. The quantitative estimate of drug-likeness (QED) is 0.379. The lowest BCUT2D eigenvalue weighted by Gasteiger charge is -2.12. The molecule has 0 saturated carbocycles. The average molecular weight is 303 g/mol. The van der Waals surface area contributed by atoms with E-state index < -0.39 is 5.95 Å². The van der Waals surface area contributed by atoms with Gasteiger partial charge in [0, 0.05) is 18.2 Å². The Morgan fingerprint density at radius 2 is 2.29 bits per heavy atom. The Morgan fingerprint density at radius 3 is 2.88 bits per heavy atom. The van der Waals surface area contributed by atoms with E-state index >= 15 is 0 Å². The Kier molecular flexibility index (Phi) is 6.11. The van der Waals surface area contributed by atoms with Gasteiger partial charge in [-0.3, -0.25) is 4.79 Å². The fraction of sp³-hybridized carbons (Fsp3) is 0.500. The number of amides is 1. The molecule has 1 N–H and O–H groups in total. The van der Waals surface area contributed by atoms with Crippen molar-refractivity contribution in [3.05, 3.63) is 29.8 Å². The molecule has 0 bridgehead atoms. The number of pyridine rings is 1. The molecule has 0 radical (unpaired) electrons. The number of halogens is 2. The van der Waals surface area contributed by atoms with E-state index in [4.69, 9.17) is 0 Å². The Hall–Kier alpha value is -0.970. The van der Waals surface area contributed by atoms with Crippen molar-refractivity contribution < 1.29 is 9.18 Å². The predicted octanol–water partition coefficient (Wildman–Crippen LogP) is 3.31. The predicted molar refractivity (Wildman–Crippen MR) is 68.1 cm³/mol. The first-order valence-electron chi connectivity index (χ1n) is 5.68. The van der Waals surface area contributed by atoms with Crippen molar-refractivity contribution in [2.24, 2.45) is 0 Å². The van der Waals surface area contributed by atoms with Crippen LogP contribution in [0.1, 0.15) is 43.1 Å². The van der Waals surface area contributed by atoms with E-state index in [-0.39, 0.29) is 10.9 Å². The summed E-state index contributed by atoms with van der Waals surface area (Å²) in [7, 11) is 0. The molecule has 94 valence electrons. The van der Waals surface area contributed by atoms with Crippen LogP contribution in [0.15, 0.2) is 18.3 Å². The van der Waals surface area contributed by atoms with Crippen LogP contribution in [0.25, 0.3) is 0 Å². The Balaban J connectivity index is 2.40. The van der Waals surface area contributed by atoms with Gasteiger partial charge in [0.2, 0.25) is 11.9 Å². The van der Waals surface area contributed by atoms with E-state index in [1.54, 1.807) is 6.07 Å². The second-order valence-electron chi connectivity index (χ2n) is 3.80. The lowest BCUT2D eigenvalue weighted by atomic mass is 10.2. The summed E-state index contributed by atoms with van der Waals surface area (Å²) in [4.78, 5) is 14.8. The van der Waals surface area contributed by atoms with Gasteiger partial charge in [-0.25, -0.2) is 4.98 Å². The number of hydrogen-bond acceptors (Lipinski definition) is 2. The third-order valence-electron chi connectivity index (χ3n) is 2.34. The van der Waals surface area contributed by atoms with E-state index in [1.165, 1.54) is 12.3 Å². The van der Waals surface area contributed by atoms with Crippen molar-refractivity contribution in [2.75, 3.05) is 0 Å². The summed E-state index contributed by atoms with van der Waals surface area (Å²) < 4.78 is 12.6. The van der Waals surface area contributed by atoms with Crippen molar-refractivity contribution in [1.82, 2.24) is 10.3 Å². The number of hydrogen-bond donors (Lipinski definition) is 1. The van der Waals surface area contributed by atoms with Crippen LogP contribution < -0.4 is 5.32 Å². The topological polar surface area (TPSA) is 42.0 Å². The molecule has 0 aliphatic carbocycles. The molecule has 0 saturated heterocycles. The molecule has 1 aromatic heterocycles. The van der Waals surface area contributed by atoms with E-state index in [0.29, 0.717) is 6.42 Å². The van der Waals surface area contributed by atoms with Crippen LogP contribution in [0.2, 0.25) is 0 Å². The second-order valence-corrected chi connectivity index (χ2v) is 4.72. The first-order chi connectivity index (χ1) is 8.13. The van der Waals surface area contributed by atoms with E-state index in [0.717, 1.165) is 24.8 Å². The number of carbonyl (C=O) groups is 1. The highest BCUT2D eigenvalue weighted by Gasteiger charge is 2.11. The van der Waals surface area contributed by atoms with Crippen molar-refractivity contribution in [2.45, 2.75) is 37.6 Å². The maximum absolute atomic E-state index is 12.6. The summed E-state index contributed by atoms with van der Waals surface area (Å²) in [5, 5.41) is 2.79. The van der Waals surface area contributed by atoms with Gasteiger partial charge in [-0.15, -0.1) is 0 Å². The Bertz CT molecular complexity index is 356. The van der Waals surface area contributed by atoms with Gasteiger partial charge >= 0.3 is 0 Å². The van der Waals surface area contributed by atoms with Crippen LogP contribution in [-0.2, 0) is 4.79 Å². The number of rotatable bonds is 6. The minimum absolute atomic E-state index is 0.00958. The number of aromatic nitrogens is 1. The zero-order chi connectivity index (χ0) is 12.7. The van der Waals surface area contributed by atoms with Gasteiger partial charge < -0.3 is 5.32 Å². The number of carbonyl (C=O) groups excluding carboxylic acids is 1. The lowest BCUT2D eigenvalue weighted by molar-refractivity contribution is -0.121. The molecule has 1 amide bonds. The van der Waals surface area contributed by atoms with Crippen LogP contribution in [0, 0.1) is 5.95 Å². The fourth-order valence-corrected chi connectivity index (χ4v) is 1.90. The maximum atomic E-state index is 12.6. The van der Waals surface area contributed by atoms with Crippen LogP contribution in [0.4, 0.5) is 4.39 Å². The van der Waals surface area contributed by atoms with Crippen LogP contribution >= 0.6 is 15.9 Å². The summed E-state index contributed by atoms with van der Waals surface area (Å²) in [6.45, 7) is 2.09. The molecular weight excluding hydrogens is 287 g/mol. The van der Waals surface area contributed by atoms with Gasteiger partial charge in [0.25, 0.3) is 0 Å². The Labute approximate surface area is 109 Å². The zero-order valence-corrected chi connectivity index (χ0v) is 11.3. The lowest BCUT2D eigenvalue weighted by Crippen LogP contribution is -2.24. The van der Waals surface area contributed by atoms with Crippen molar-refractivity contribution in [3.63, 3.8) is 0 Å². The van der Waals surface area contributed by atoms with Gasteiger partial charge in [-0.1, -0.05) is 41.8 Å². The molecule has 1 aromatic rings. The van der Waals surface area contributed by atoms with Gasteiger partial charge in [0.15, 0.2) is 0 Å². The van der Waals surface area contributed by atoms with E-state index in [9.17, 15) is 9.18 Å². The molecule has 5 heteroatoms. The normalized spacial score (nSPS) is 12.2. The standard InChI is InChI=1S/C12H16BrFN2O/c1-2-3-4-5-11(17)16-12(13)9-6-7-10(14)15-8-9/h6-8,12H,2-5H2,1H3,(H,16,17). The number of nitrogens with zero attached hydrogens (tertiary/aromatic N) is 1. The molecule has 1 heterocycles. The largest absolute Gasteiger partial charge is 0.340 e. The van der Waals surface area contributed by atoms with Crippen molar-refractivity contribution in [1.29, 1.82) is 0 Å². The molecule has 17 heavy (non-hydrogen) atoms. The summed E-state index contributed by atoms with van der Waals surface area (Å²) in [6.07, 6.45) is 4.96. The molecule has 3 nitrogen and oxygen atoms in total. The monoisotopic (exact) mass is 302 g/mol. The number of alkyl halides is 1. The van der Waals surface area contributed by atoms with Gasteiger partial charge in [-0.05, 0) is 12.5 Å². The summed E-state index contributed by atoms with van der Waals surface area (Å²) in [5.74, 6) is -0.535. The highest BCUT2D eigenvalue weighted by molar-refractivity contribution is 9.09. The Morgan fingerprint density at radius 1 is 1.53 bits per heavy atom. The minimum Gasteiger partial charge on any atom is -0.340 e. The third kappa shape index (κ3) is 5.26. The van der Waals surface area contributed by atoms with E-state index in [2.05, 4.69) is 33.2 Å². The second kappa shape index (κ2) is 7.37. The molecule has 0 aliphatic rings. The van der Waals surface area contributed by atoms with Crippen LogP contribution in [0.3, 0.4) is 0 Å². The summed E-state index contributed by atoms with van der Waals surface area (Å²) in [6, 6.07) is 2.86. The maximum Gasteiger partial charge on any atom is 0.221 e. The molecule has 0 aromatic carbocycles. The highest BCUT2D eigenvalue weighted by Crippen LogP contribution is 2.18. The zero-order valence-electron chi connectivity index (χ0n) is 9.75. The smallest absolute Gasteiger partial charge is 0.221 e. The van der Waals surface area contributed by atoms with Gasteiger partial charge in [0.1, 0.15) is 4.95 Å². The molecule has 1 rings (SSSR count). The van der Waals surface area contributed by atoms with Crippen LogP contribution in [-0.4, -0.2) is 10.9 Å². The molecular formula is C12H16BrFN2O. The van der Waals surface area contributed by atoms with Crippen molar-refractivity contribution in [3.8, 4) is 0 Å². The number of unbranched alkanes of at least 4 members (excludes halogenated alkanes) is 2. The van der Waals surface area contributed by atoms with Gasteiger partial charge in [0.05, 0.1) is 0 Å². The molecule has 0 fully saturated rings. The number of nitrogens with one attached hydrogen (secondary N) is 1. The fourth-order valence-electron chi connectivity index (χ4n) is 1.37. The SMILES string of the molecule is CCCCCC(=O)NC(Br)c1ccc(F)nc1. The van der Waals surface area contributed by atoms with Gasteiger partial charge in [-0.2, -0.15) is 4.39 Å². The first kappa shape index (κ1) is 14.1. The molecule has 1 unspecified atom stereocenters. The summed E-state index contributed by atoms with van der Waals surface area (Å²) in [5.41, 5.74) is 0.732. The summed E-state index contributed by atoms with van der Waals surface area (Å²) >= 11 is 3.33. The highest BCUT2D eigenvalue weighted by atomic mass is 79.9. The van der Waals surface area contributed by atoms with Crippen LogP contribution in [0.5, 0.6) is 0 Å². The average Bonchev–Trinajstić information content (AvgIpc) is 2.30.